The topological polar surface area (TPSA) is 88.9 Å². The number of aryl methyl sites for hydroxylation is 2. The van der Waals surface area contributed by atoms with Gasteiger partial charge in [0.2, 0.25) is 0 Å². The van der Waals surface area contributed by atoms with Gasteiger partial charge in [-0.05, 0) is 42.7 Å². The summed E-state index contributed by atoms with van der Waals surface area (Å²) in [7, 11) is -2.09. The Labute approximate surface area is 161 Å². The number of hydrogen-bond donors (Lipinski definition) is 2. The fraction of sp³-hybridized carbons (Fsp3) is 0.222. The van der Waals surface area contributed by atoms with Crippen LogP contribution in [0.1, 0.15) is 12.0 Å². The molecule has 0 fully saturated rings. The maximum atomic E-state index is 13.2. The highest BCUT2D eigenvalue weighted by Gasteiger charge is 2.16. The molecule has 0 atom stereocenters. The molecule has 3 aromatic rings. The maximum absolute atomic E-state index is 13.2. The maximum Gasteiger partial charge on any atom is 0.263 e. The van der Waals surface area contributed by atoms with Crippen LogP contribution >= 0.6 is 0 Å². The molecular weight excluding hydrogens is 388 g/mol. The largest absolute Gasteiger partial charge is 0.370 e. The Balaban J connectivity index is 1.55. The molecule has 0 spiro atoms. The average Bonchev–Trinajstić information content (AvgIpc) is 3.07. The van der Waals surface area contributed by atoms with Gasteiger partial charge in [-0.15, -0.1) is 0 Å². The molecule has 10 heteroatoms. The number of nitrogens with one attached hydrogen (secondary N) is 2. The van der Waals surface area contributed by atoms with Gasteiger partial charge >= 0.3 is 0 Å². The molecule has 2 aromatic heterocycles. The lowest BCUT2D eigenvalue weighted by atomic mass is 10.2. The molecule has 7 nitrogen and oxygen atoms in total. The van der Waals surface area contributed by atoms with Crippen molar-refractivity contribution in [3.05, 3.63) is 66.1 Å². The van der Waals surface area contributed by atoms with Gasteiger partial charge in [-0.1, -0.05) is 0 Å². The minimum Gasteiger partial charge on any atom is -0.370 e. The Morgan fingerprint density at radius 3 is 2.57 bits per heavy atom. The molecule has 2 heterocycles. The van der Waals surface area contributed by atoms with Crippen LogP contribution in [0.15, 0.2) is 53.8 Å². The van der Waals surface area contributed by atoms with Crippen LogP contribution in [-0.4, -0.2) is 29.7 Å². The van der Waals surface area contributed by atoms with Crippen molar-refractivity contribution in [1.29, 1.82) is 0 Å². The van der Waals surface area contributed by atoms with E-state index in [9.17, 15) is 17.2 Å². The van der Waals surface area contributed by atoms with Crippen molar-refractivity contribution in [1.82, 2.24) is 14.8 Å². The first kappa shape index (κ1) is 19.7. The van der Waals surface area contributed by atoms with Crippen molar-refractivity contribution in [2.45, 2.75) is 17.7 Å². The van der Waals surface area contributed by atoms with Crippen LogP contribution in [0.2, 0.25) is 0 Å². The first-order valence-corrected chi connectivity index (χ1v) is 9.97. The molecule has 28 heavy (non-hydrogen) atoms. The molecule has 1 aromatic carbocycles. The van der Waals surface area contributed by atoms with Gasteiger partial charge in [0.15, 0.2) is 11.6 Å². The number of benzene rings is 1. The van der Waals surface area contributed by atoms with Gasteiger partial charge in [0.05, 0.1) is 11.9 Å². The van der Waals surface area contributed by atoms with Crippen molar-refractivity contribution in [3.8, 4) is 0 Å². The second-order valence-corrected chi connectivity index (χ2v) is 7.85. The highest BCUT2D eigenvalue weighted by atomic mass is 32.2. The van der Waals surface area contributed by atoms with Crippen molar-refractivity contribution < 1.29 is 17.2 Å². The van der Waals surface area contributed by atoms with E-state index in [4.69, 9.17) is 0 Å². The van der Waals surface area contributed by atoms with Gasteiger partial charge in [-0.3, -0.25) is 9.40 Å². The predicted molar refractivity (Wildman–Crippen MR) is 101 cm³/mol. The van der Waals surface area contributed by atoms with E-state index in [0.29, 0.717) is 12.4 Å². The summed E-state index contributed by atoms with van der Waals surface area (Å²) < 4.78 is 54.8. The number of rotatable bonds is 8. The second-order valence-electron chi connectivity index (χ2n) is 6.17. The summed E-state index contributed by atoms with van der Waals surface area (Å²) >= 11 is 0. The Hall–Kier alpha value is -3.01. The lowest BCUT2D eigenvalue weighted by Gasteiger charge is -2.09. The van der Waals surface area contributed by atoms with Crippen LogP contribution in [0.4, 0.5) is 20.3 Å². The van der Waals surface area contributed by atoms with Crippen LogP contribution in [0, 0.1) is 11.6 Å². The molecule has 0 aliphatic carbocycles. The summed E-state index contributed by atoms with van der Waals surface area (Å²) in [5.74, 6) is -1.65. The number of hydrogen-bond acceptors (Lipinski definition) is 5. The molecular formula is C18H19F2N5O2S. The highest BCUT2D eigenvalue weighted by molar-refractivity contribution is 7.92. The molecule has 0 radical (unpaired) electrons. The molecule has 0 aliphatic rings. The van der Waals surface area contributed by atoms with E-state index in [1.807, 2.05) is 19.4 Å². The summed E-state index contributed by atoms with van der Waals surface area (Å²) in [6, 6.07) is 5.70. The van der Waals surface area contributed by atoms with E-state index >= 15 is 0 Å². The van der Waals surface area contributed by atoms with Crippen molar-refractivity contribution in [2.24, 2.45) is 7.05 Å². The fourth-order valence-corrected chi connectivity index (χ4v) is 3.52. The Kier molecular flexibility index (Phi) is 5.88. The van der Waals surface area contributed by atoms with E-state index in [0.717, 1.165) is 36.6 Å². The number of pyridine rings is 1. The van der Waals surface area contributed by atoms with Gasteiger partial charge in [0, 0.05) is 32.1 Å². The van der Waals surface area contributed by atoms with E-state index < -0.39 is 21.7 Å². The smallest absolute Gasteiger partial charge is 0.263 e. The molecule has 0 amide bonds. The monoisotopic (exact) mass is 407 g/mol. The van der Waals surface area contributed by atoms with Crippen LogP contribution in [0.5, 0.6) is 0 Å². The first-order valence-electron chi connectivity index (χ1n) is 8.49. The van der Waals surface area contributed by atoms with Crippen LogP contribution in [0.25, 0.3) is 0 Å². The third-order valence-corrected chi connectivity index (χ3v) is 5.29. The summed E-state index contributed by atoms with van der Waals surface area (Å²) in [4.78, 5) is 4.00. The molecule has 2 N–H and O–H groups in total. The number of anilines is 2. The minimum absolute atomic E-state index is 0.0727. The molecule has 0 unspecified atom stereocenters. The van der Waals surface area contributed by atoms with Crippen LogP contribution in [-0.2, 0) is 23.5 Å². The number of aromatic nitrogens is 3. The quantitative estimate of drug-likeness (QED) is 0.561. The van der Waals surface area contributed by atoms with Gasteiger partial charge in [-0.25, -0.2) is 22.2 Å². The summed E-state index contributed by atoms with van der Waals surface area (Å²) in [5.41, 5.74) is 1.07. The second kappa shape index (κ2) is 8.34. The number of halogens is 2. The average molecular weight is 407 g/mol. The summed E-state index contributed by atoms with van der Waals surface area (Å²) in [5, 5.41) is 7.23. The Bertz CT molecular complexity index is 1050. The first-order chi connectivity index (χ1) is 13.3. The van der Waals surface area contributed by atoms with Crippen LogP contribution in [0.3, 0.4) is 0 Å². The van der Waals surface area contributed by atoms with Crippen molar-refractivity contribution in [2.75, 3.05) is 16.6 Å². The van der Waals surface area contributed by atoms with Gasteiger partial charge in [-0.2, -0.15) is 5.10 Å². The zero-order valence-corrected chi connectivity index (χ0v) is 15.9. The van der Waals surface area contributed by atoms with Gasteiger partial charge in [0.1, 0.15) is 10.7 Å². The van der Waals surface area contributed by atoms with E-state index in [-0.39, 0.29) is 10.6 Å². The molecule has 0 bridgehead atoms. The molecule has 0 saturated heterocycles. The molecule has 148 valence electrons. The summed E-state index contributed by atoms with van der Waals surface area (Å²) in [6.45, 7) is 0.668. The van der Waals surface area contributed by atoms with Gasteiger partial charge in [0.25, 0.3) is 10.0 Å². The number of nitrogens with zero attached hydrogens (tertiary/aromatic N) is 3. The minimum atomic E-state index is -3.96. The molecule has 0 saturated carbocycles. The zero-order chi connectivity index (χ0) is 20.1. The molecule has 3 rings (SSSR count). The van der Waals surface area contributed by atoms with Crippen molar-refractivity contribution >= 4 is 21.5 Å². The third-order valence-electron chi connectivity index (χ3n) is 3.93. The van der Waals surface area contributed by atoms with Gasteiger partial charge < -0.3 is 5.32 Å². The van der Waals surface area contributed by atoms with Crippen LogP contribution < -0.4 is 10.0 Å². The van der Waals surface area contributed by atoms with Crippen molar-refractivity contribution in [3.63, 3.8) is 0 Å². The van der Waals surface area contributed by atoms with E-state index in [1.165, 1.54) is 12.3 Å². The zero-order valence-electron chi connectivity index (χ0n) is 15.1. The lowest BCUT2D eigenvalue weighted by Crippen LogP contribution is -2.14. The SMILES string of the molecule is Cn1cc(CCCNc2ccc(S(=O)(=O)Nc3ccc(F)c(F)c3)cn2)cn1. The summed E-state index contributed by atoms with van der Waals surface area (Å²) in [6.07, 6.45) is 6.71. The standard InChI is InChI=1S/C18H19F2N5O2S/c1-25-12-13(10-23-25)3-2-8-21-18-7-5-15(11-22-18)28(26,27)24-14-4-6-16(19)17(20)9-14/h4-7,9-12,24H,2-3,8H2,1H3,(H,21,22). The lowest BCUT2D eigenvalue weighted by molar-refractivity contribution is 0.509. The predicted octanol–water partition coefficient (Wildman–Crippen LogP) is 2.94. The molecule has 0 aliphatic heterocycles. The Morgan fingerprint density at radius 2 is 1.93 bits per heavy atom. The normalized spacial score (nSPS) is 11.4. The fourth-order valence-electron chi connectivity index (χ4n) is 2.53. The Morgan fingerprint density at radius 1 is 1.11 bits per heavy atom. The van der Waals surface area contributed by atoms with E-state index in [1.54, 1.807) is 10.7 Å². The highest BCUT2D eigenvalue weighted by Crippen LogP contribution is 2.18. The van der Waals surface area contributed by atoms with E-state index in [2.05, 4.69) is 20.1 Å². The number of sulfonamides is 1. The third kappa shape index (κ3) is 5.03.